The van der Waals surface area contributed by atoms with Crippen LogP contribution < -0.4 is 15.8 Å². The molecule has 1 saturated heterocycles. The molecule has 0 aliphatic carbocycles. The average molecular weight is 538 g/mol. The zero-order valence-electron chi connectivity index (χ0n) is 21.6. The number of hydrogen-bond acceptors (Lipinski definition) is 5. The third kappa shape index (κ3) is 6.07. The maximum absolute atomic E-state index is 14.0. The molecule has 2 heterocycles. The van der Waals surface area contributed by atoms with E-state index in [0.29, 0.717) is 24.5 Å². The number of fused-ring (bicyclic) bond motifs is 1. The highest BCUT2D eigenvalue weighted by atomic mass is 19.4. The highest BCUT2D eigenvalue weighted by molar-refractivity contribution is 6.05. The largest absolute Gasteiger partial charge is 0.416 e. The smallest absolute Gasteiger partial charge is 0.322 e. The number of carbonyl (C=O) groups is 2. The number of hydrazine groups is 1. The van der Waals surface area contributed by atoms with Gasteiger partial charge in [0.2, 0.25) is 5.91 Å². The minimum Gasteiger partial charge on any atom is -0.322 e. The van der Waals surface area contributed by atoms with E-state index in [2.05, 4.69) is 22.6 Å². The fourth-order valence-electron chi connectivity index (χ4n) is 5.00. The number of piperazine rings is 1. The summed E-state index contributed by atoms with van der Waals surface area (Å²) in [6.07, 6.45) is -4.30. The van der Waals surface area contributed by atoms with Gasteiger partial charge in [0.1, 0.15) is 0 Å². The second kappa shape index (κ2) is 11.1. The number of benzene rings is 3. The van der Waals surface area contributed by atoms with Gasteiger partial charge in [0, 0.05) is 44.0 Å². The molecule has 0 unspecified atom stereocenters. The van der Waals surface area contributed by atoms with Gasteiger partial charge in [-0.3, -0.25) is 19.9 Å². The molecule has 204 valence electrons. The third-order valence-corrected chi connectivity index (χ3v) is 7.17. The number of nitrogens with one attached hydrogen (secondary N) is 2. The fraction of sp³-hybridized carbons (Fsp3) is 0.310. The molecule has 2 N–H and O–H groups in total. The summed E-state index contributed by atoms with van der Waals surface area (Å²) in [4.78, 5) is 29.7. The molecule has 0 aromatic heterocycles. The van der Waals surface area contributed by atoms with E-state index in [1.165, 1.54) is 17.1 Å². The molecule has 0 bridgehead atoms. The number of carbonyl (C=O) groups excluding carboxylic acids is 2. The number of likely N-dealkylation sites (N-methyl/N-ethyl adjacent to an activating group) is 1. The van der Waals surface area contributed by atoms with Crippen LogP contribution in [0.3, 0.4) is 0 Å². The lowest BCUT2D eigenvalue weighted by Crippen LogP contribution is -2.45. The van der Waals surface area contributed by atoms with E-state index in [1.54, 1.807) is 24.3 Å². The quantitative estimate of drug-likeness (QED) is 0.444. The van der Waals surface area contributed by atoms with Crippen molar-refractivity contribution in [2.24, 2.45) is 0 Å². The number of rotatable bonds is 7. The summed E-state index contributed by atoms with van der Waals surface area (Å²) in [7, 11) is 0. The van der Waals surface area contributed by atoms with Crippen LogP contribution in [0.5, 0.6) is 0 Å². The van der Waals surface area contributed by atoms with E-state index in [0.717, 1.165) is 37.0 Å². The van der Waals surface area contributed by atoms with Crippen molar-refractivity contribution in [2.75, 3.05) is 48.5 Å². The molecular weight excluding hydrogens is 507 g/mol. The van der Waals surface area contributed by atoms with Crippen LogP contribution in [0.4, 0.5) is 30.2 Å². The number of para-hydroxylation sites is 1. The van der Waals surface area contributed by atoms with Gasteiger partial charge in [-0.1, -0.05) is 37.3 Å². The first-order valence-electron chi connectivity index (χ1n) is 12.9. The summed E-state index contributed by atoms with van der Waals surface area (Å²) in [5.41, 5.74) is 4.94. The molecule has 2 aliphatic rings. The van der Waals surface area contributed by atoms with Gasteiger partial charge in [-0.05, 0) is 54.1 Å². The maximum Gasteiger partial charge on any atom is 0.416 e. The monoisotopic (exact) mass is 537 g/mol. The molecule has 0 saturated carbocycles. The van der Waals surface area contributed by atoms with E-state index in [1.807, 2.05) is 29.2 Å². The van der Waals surface area contributed by atoms with E-state index in [9.17, 15) is 22.8 Å². The summed E-state index contributed by atoms with van der Waals surface area (Å²) in [6, 6.07) is 17.9. The topological polar surface area (TPSA) is 67.9 Å². The second-order valence-corrected chi connectivity index (χ2v) is 9.76. The maximum atomic E-state index is 14.0. The van der Waals surface area contributed by atoms with Gasteiger partial charge in [-0.25, -0.2) is 5.01 Å². The van der Waals surface area contributed by atoms with Gasteiger partial charge in [0.05, 0.1) is 23.4 Å². The minimum absolute atomic E-state index is 0.0797. The molecule has 3 aromatic rings. The summed E-state index contributed by atoms with van der Waals surface area (Å²) >= 11 is 0. The Morgan fingerprint density at radius 1 is 0.897 bits per heavy atom. The van der Waals surface area contributed by atoms with Crippen LogP contribution in [0.15, 0.2) is 66.7 Å². The summed E-state index contributed by atoms with van der Waals surface area (Å²) < 4.78 is 41.9. The number of anilines is 3. The Labute approximate surface area is 225 Å². The Bertz CT molecular complexity index is 1370. The van der Waals surface area contributed by atoms with Crippen LogP contribution >= 0.6 is 0 Å². The Morgan fingerprint density at radius 3 is 2.36 bits per heavy atom. The minimum atomic E-state index is -4.58. The average Bonchev–Trinajstić information content (AvgIpc) is 3.23. The third-order valence-electron chi connectivity index (χ3n) is 7.17. The first kappa shape index (κ1) is 26.7. The lowest BCUT2D eigenvalue weighted by molar-refractivity contribution is -0.138. The summed E-state index contributed by atoms with van der Waals surface area (Å²) in [5, 5.41) is 4.13. The second-order valence-electron chi connectivity index (χ2n) is 9.76. The standard InChI is InChI=1S/C29H30F3N5O2/c1-2-35-12-14-36(15-13-35)19-22-11-10-21(16-25(22)29(30,31)32)28(39)33-23-7-5-8-24(18-23)34-37-26-9-4-3-6-20(26)17-27(37)38/h3-11,16,18,34H,2,12-15,17,19H2,1H3,(H,33,39). The molecule has 0 radical (unpaired) electrons. The lowest BCUT2D eigenvalue weighted by atomic mass is 10.0. The molecule has 5 rings (SSSR count). The Hall–Kier alpha value is -3.89. The van der Waals surface area contributed by atoms with Crippen molar-refractivity contribution in [3.63, 3.8) is 0 Å². The predicted molar refractivity (Wildman–Crippen MR) is 144 cm³/mol. The Morgan fingerprint density at radius 2 is 1.62 bits per heavy atom. The molecule has 0 atom stereocenters. The molecule has 1 fully saturated rings. The van der Waals surface area contributed by atoms with Crippen molar-refractivity contribution in [2.45, 2.75) is 26.1 Å². The number of amides is 2. The fourth-order valence-corrected chi connectivity index (χ4v) is 5.00. The number of nitrogens with zero attached hydrogens (tertiary/aromatic N) is 3. The lowest BCUT2D eigenvalue weighted by Gasteiger charge is -2.34. The number of hydrogen-bond donors (Lipinski definition) is 2. The first-order valence-corrected chi connectivity index (χ1v) is 12.9. The van der Waals surface area contributed by atoms with Gasteiger partial charge in [-0.2, -0.15) is 13.2 Å². The Kier molecular flexibility index (Phi) is 7.58. The zero-order chi connectivity index (χ0) is 27.6. The molecule has 2 amide bonds. The first-order chi connectivity index (χ1) is 18.7. The van der Waals surface area contributed by atoms with Crippen molar-refractivity contribution in [1.82, 2.24) is 9.80 Å². The Balaban J connectivity index is 1.29. The highest BCUT2D eigenvalue weighted by Gasteiger charge is 2.35. The van der Waals surface area contributed by atoms with Crippen molar-refractivity contribution < 1.29 is 22.8 Å². The van der Waals surface area contributed by atoms with E-state index in [4.69, 9.17) is 0 Å². The summed E-state index contributed by atoms with van der Waals surface area (Å²) in [6.45, 7) is 6.23. The van der Waals surface area contributed by atoms with Crippen molar-refractivity contribution in [1.29, 1.82) is 0 Å². The molecule has 3 aromatic carbocycles. The van der Waals surface area contributed by atoms with Crippen LogP contribution in [-0.4, -0.2) is 54.3 Å². The van der Waals surface area contributed by atoms with E-state index < -0.39 is 17.6 Å². The van der Waals surface area contributed by atoms with Crippen LogP contribution in [0.25, 0.3) is 0 Å². The van der Waals surface area contributed by atoms with Gasteiger partial charge in [0.15, 0.2) is 0 Å². The van der Waals surface area contributed by atoms with Gasteiger partial charge in [-0.15, -0.1) is 0 Å². The zero-order valence-corrected chi connectivity index (χ0v) is 21.6. The van der Waals surface area contributed by atoms with Crippen LogP contribution in [0.1, 0.15) is 34.0 Å². The van der Waals surface area contributed by atoms with Crippen LogP contribution in [-0.2, 0) is 23.9 Å². The van der Waals surface area contributed by atoms with Crippen LogP contribution in [0.2, 0.25) is 0 Å². The number of halogens is 3. The van der Waals surface area contributed by atoms with Gasteiger partial charge >= 0.3 is 6.18 Å². The molecular formula is C29H30F3N5O2. The van der Waals surface area contributed by atoms with Crippen molar-refractivity contribution >= 4 is 28.9 Å². The van der Waals surface area contributed by atoms with Gasteiger partial charge < -0.3 is 10.2 Å². The predicted octanol–water partition coefficient (Wildman–Crippen LogP) is 5.01. The summed E-state index contributed by atoms with van der Waals surface area (Å²) in [5.74, 6) is -0.763. The molecule has 2 aliphatic heterocycles. The molecule has 39 heavy (non-hydrogen) atoms. The molecule has 7 nitrogen and oxygen atoms in total. The SMILES string of the molecule is CCN1CCN(Cc2ccc(C(=O)Nc3cccc(NN4C(=O)Cc5ccccc54)c3)cc2C(F)(F)F)CC1. The van der Waals surface area contributed by atoms with Crippen molar-refractivity contribution in [3.05, 3.63) is 89.0 Å². The van der Waals surface area contributed by atoms with E-state index in [-0.39, 0.29) is 30.0 Å². The van der Waals surface area contributed by atoms with E-state index >= 15 is 0 Å². The number of alkyl halides is 3. The normalized spacial score (nSPS) is 16.3. The molecule has 10 heteroatoms. The van der Waals surface area contributed by atoms with Crippen molar-refractivity contribution in [3.8, 4) is 0 Å². The highest BCUT2D eigenvalue weighted by Crippen LogP contribution is 2.34. The van der Waals surface area contributed by atoms with Gasteiger partial charge in [0.25, 0.3) is 5.91 Å². The van der Waals surface area contributed by atoms with Crippen LogP contribution in [0, 0.1) is 0 Å². The molecule has 0 spiro atoms.